The predicted octanol–water partition coefficient (Wildman–Crippen LogP) is 0.640. The van der Waals surface area contributed by atoms with Crippen LogP contribution in [0, 0.1) is 0 Å². The van der Waals surface area contributed by atoms with Gasteiger partial charge in [0, 0.05) is 64.8 Å². The molecule has 1 spiro atoms. The highest BCUT2D eigenvalue weighted by atomic mass is 16.5. The SMILES string of the molecule is COc1ccc2c(c1)C(=O)CC1(CCN(NCCc3cc(=O)n(C)c(=O)n3C)CC1)O2. The van der Waals surface area contributed by atoms with E-state index in [-0.39, 0.29) is 17.0 Å². The second-order valence-electron chi connectivity index (χ2n) is 8.27. The Bertz CT molecular complexity index is 1110. The van der Waals surface area contributed by atoms with E-state index in [9.17, 15) is 14.4 Å². The molecule has 0 aliphatic carbocycles. The summed E-state index contributed by atoms with van der Waals surface area (Å²) in [5, 5.41) is 2.11. The van der Waals surface area contributed by atoms with Gasteiger partial charge in [-0.1, -0.05) is 0 Å². The van der Waals surface area contributed by atoms with Gasteiger partial charge in [0.05, 0.1) is 19.1 Å². The Morgan fingerprint density at radius 2 is 1.84 bits per heavy atom. The van der Waals surface area contributed by atoms with Crippen LogP contribution in [0.4, 0.5) is 0 Å². The first-order valence-corrected chi connectivity index (χ1v) is 10.5. The molecule has 1 aromatic carbocycles. The molecule has 4 rings (SSSR count). The van der Waals surface area contributed by atoms with Gasteiger partial charge in [-0.15, -0.1) is 0 Å². The Balaban J connectivity index is 1.34. The minimum Gasteiger partial charge on any atom is -0.497 e. The summed E-state index contributed by atoms with van der Waals surface area (Å²) >= 11 is 0. The first kappa shape index (κ1) is 21.3. The molecule has 0 bridgehead atoms. The van der Waals surface area contributed by atoms with E-state index in [1.54, 1.807) is 20.2 Å². The van der Waals surface area contributed by atoms with Crippen molar-refractivity contribution in [2.45, 2.75) is 31.3 Å². The Morgan fingerprint density at radius 3 is 2.55 bits per heavy atom. The molecule has 2 aliphatic heterocycles. The van der Waals surface area contributed by atoms with Gasteiger partial charge in [-0.05, 0) is 18.2 Å². The van der Waals surface area contributed by atoms with Crippen molar-refractivity contribution in [1.82, 2.24) is 19.6 Å². The maximum atomic E-state index is 12.7. The molecule has 3 heterocycles. The summed E-state index contributed by atoms with van der Waals surface area (Å²) in [4.78, 5) is 36.6. The number of hydrogen-bond donors (Lipinski definition) is 1. The average molecular weight is 428 g/mol. The van der Waals surface area contributed by atoms with Crippen molar-refractivity contribution in [3.8, 4) is 11.5 Å². The van der Waals surface area contributed by atoms with Crippen molar-refractivity contribution >= 4 is 5.78 Å². The number of ether oxygens (including phenoxy) is 2. The number of nitrogens with zero attached hydrogens (tertiary/aromatic N) is 3. The third-order valence-corrected chi connectivity index (χ3v) is 6.31. The van der Waals surface area contributed by atoms with Crippen molar-refractivity contribution in [3.63, 3.8) is 0 Å². The van der Waals surface area contributed by atoms with E-state index in [1.165, 1.54) is 17.7 Å². The number of hydrazine groups is 1. The molecule has 1 N–H and O–H groups in total. The van der Waals surface area contributed by atoms with Crippen LogP contribution in [0.3, 0.4) is 0 Å². The molecule has 2 aliphatic rings. The van der Waals surface area contributed by atoms with Crippen LogP contribution in [0.5, 0.6) is 11.5 Å². The molecule has 0 radical (unpaired) electrons. The number of carbonyl (C=O) groups excluding carboxylic acids is 1. The van der Waals surface area contributed by atoms with Crippen molar-refractivity contribution in [2.24, 2.45) is 14.1 Å². The van der Waals surface area contributed by atoms with Gasteiger partial charge in [-0.2, -0.15) is 0 Å². The zero-order valence-corrected chi connectivity index (χ0v) is 18.1. The molecule has 166 valence electrons. The van der Waals surface area contributed by atoms with Gasteiger partial charge in [-0.25, -0.2) is 9.80 Å². The lowest BCUT2D eigenvalue weighted by Gasteiger charge is -2.44. The first-order valence-electron chi connectivity index (χ1n) is 10.5. The van der Waals surface area contributed by atoms with Gasteiger partial charge in [-0.3, -0.25) is 19.6 Å². The maximum Gasteiger partial charge on any atom is 0.330 e. The van der Waals surface area contributed by atoms with E-state index in [1.807, 2.05) is 12.1 Å². The number of nitrogens with one attached hydrogen (secondary N) is 1. The highest BCUT2D eigenvalue weighted by Gasteiger charge is 2.43. The number of methoxy groups -OCH3 is 1. The van der Waals surface area contributed by atoms with Gasteiger partial charge in [0.2, 0.25) is 0 Å². The largest absolute Gasteiger partial charge is 0.497 e. The predicted molar refractivity (Wildman–Crippen MR) is 115 cm³/mol. The van der Waals surface area contributed by atoms with Crippen molar-refractivity contribution < 1.29 is 14.3 Å². The number of carbonyl (C=O) groups is 1. The minimum atomic E-state index is -0.466. The number of piperidine rings is 1. The highest BCUT2D eigenvalue weighted by Crippen LogP contribution is 2.40. The fraction of sp³-hybridized carbons (Fsp3) is 0.500. The van der Waals surface area contributed by atoms with Gasteiger partial charge >= 0.3 is 5.69 Å². The van der Waals surface area contributed by atoms with Crippen LogP contribution in [-0.4, -0.2) is 52.3 Å². The third kappa shape index (κ3) is 4.15. The molecule has 1 fully saturated rings. The lowest BCUT2D eigenvalue weighted by Crippen LogP contribution is -2.54. The number of aromatic nitrogens is 2. The van der Waals surface area contributed by atoms with Crippen molar-refractivity contribution in [3.05, 3.63) is 56.4 Å². The monoisotopic (exact) mass is 428 g/mol. The number of ketones is 1. The number of fused-ring (bicyclic) bond motifs is 1. The summed E-state index contributed by atoms with van der Waals surface area (Å²) in [6.07, 6.45) is 2.41. The van der Waals surface area contributed by atoms with Gasteiger partial charge in [0.1, 0.15) is 17.1 Å². The second kappa shape index (κ2) is 8.32. The van der Waals surface area contributed by atoms with Crippen molar-refractivity contribution in [1.29, 1.82) is 0 Å². The van der Waals surface area contributed by atoms with Gasteiger partial charge in [0.15, 0.2) is 5.78 Å². The van der Waals surface area contributed by atoms with E-state index in [4.69, 9.17) is 9.47 Å². The van der Waals surface area contributed by atoms with E-state index in [2.05, 4.69) is 10.4 Å². The minimum absolute atomic E-state index is 0.0909. The normalized spacial score (nSPS) is 18.0. The molecule has 1 aromatic heterocycles. The Kier molecular flexibility index (Phi) is 5.72. The van der Waals surface area contributed by atoms with E-state index in [0.717, 1.165) is 30.5 Å². The molecule has 31 heavy (non-hydrogen) atoms. The zero-order chi connectivity index (χ0) is 22.2. The van der Waals surface area contributed by atoms with E-state index in [0.29, 0.717) is 42.1 Å². The summed E-state index contributed by atoms with van der Waals surface area (Å²) in [5.41, 5.74) is 3.57. The topological polar surface area (TPSA) is 94.8 Å². The number of rotatable bonds is 5. The molecule has 9 nitrogen and oxygen atoms in total. The van der Waals surface area contributed by atoms with Crippen molar-refractivity contribution in [2.75, 3.05) is 26.7 Å². The van der Waals surface area contributed by atoms with Crippen LogP contribution in [0.2, 0.25) is 0 Å². The quantitative estimate of drug-likeness (QED) is 0.747. The number of Topliss-reactive ketones (excluding diaryl/α,β-unsaturated/α-hetero) is 1. The Hall–Kier alpha value is -2.91. The van der Waals surface area contributed by atoms with Crippen LogP contribution >= 0.6 is 0 Å². The van der Waals surface area contributed by atoms with E-state index >= 15 is 0 Å². The fourth-order valence-corrected chi connectivity index (χ4v) is 4.31. The number of hydrogen-bond acceptors (Lipinski definition) is 7. The Labute approximate surface area is 180 Å². The summed E-state index contributed by atoms with van der Waals surface area (Å²) < 4.78 is 14.1. The number of benzene rings is 1. The fourth-order valence-electron chi connectivity index (χ4n) is 4.31. The average Bonchev–Trinajstić information content (AvgIpc) is 2.77. The van der Waals surface area contributed by atoms with Crippen LogP contribution in [-0.2, 0) is 20.5 Å². The summed E-state index contributed by atoms with van der Waals surface area (Å²) in [6.45, 7) is 2.10. The molecule has 1 saturated heterocycles. The second-order valence-corrected chi connectivity index (χ2v) is 8.27. The first-order chi connectivity index (χ1) is 14.8. The standard InChI is InChI=1S/C22H28N4O5/c1-24-15(12-20(28)25(2)21(24)29)6-9-23-26-10-7-22(8-11-26)14-18(27)17-13-16(30-3)4-5-19(17)31-22/h4-5,12-13,23H,6-11,14H2,1-3H3. The molecular formula is C22H28N4O5. The van der Waals surface area contributed by atoms with Crippen LogP contribution in [0.15, 0.2) is 33.9 Å². The summed E-state index contributed by atoms with van der Waals surface area (Å²) in [5.74, 6) is 1.37. The third-order valence-electron chi connectivity index (χ3n) is 6.31. The van der Waals surface area contributed by atoms with Crippen LogP contribution in [0.1, 0.15) is 35.3 Å². The maximum absolute atomic E-state index is 12.7. The molecule has 9 heteroatoms. The lowest BCUT2D eigenvalue weighted by atomic mass is 9.83. The van der Waals surface area contributed by atoms with Crippen LogP contribution in [0.25, 0.3) is 0 Å². The molecule has 0 amide bonds. The zero-order valence-electron chi connectivity index (χ0n) is 18.1. The smallest absolute Gasteiger partial charge is 0.330 e. The highest BCUT2D eigenvalue weighted by molar-refractivity contribution is 6.00. The molecule has 2 aromatic rings. The molecule has 0 saturated carbocycles. The van der Waals surface area contributed by atoms with Gasteiger partial charge < -0.3 is 14.0 Å². The molecule has 0 unspecified atom stereocenters. The summed E-state index contributed by atoms with van der Waals surface area (Å²) in [7, 11) is 4.73. The summed E-state index contributed by atoms with van der Waals surface area (Å²) in [6, 6.07) is 6.87. The van der Waals surface area contributed by atoms with Crippen LogP contribution < -0.4 is 26.1 Å². The Morgan fingerprint density at radius 1 is 1.10 bits per heavy atom. The lowest BCUT2D eigenvalue weighted by molar-refractivity contribution is -0.0214. The van der Waals surface area contributed by atoms with Gasteiger partial charge in [0.25, 0.3) is 5.56 Å². The van der Waals surface area contributed by atoms with E-state index < -0.39 is 5.60 Å². The molecular weight excluding hydrogens is 400 g/mol. The molecule has 0 atom stereocenters.